The van der Waals surface area contributed by atoms with E-state index in [4.69, 9.17) is 14.2 Å². The summed E-state index contributed by atoms with van der Waals surface area (Å²) in [4.78, 5) is 4.58. The van der Waals surface area contributed by atoms with Gasteiger partial charge in [0.05, 0.1) is 32.5 Å². The van der Waals surface area contributed by atoms with Crippen LogP contribution in [-0.2, 0) is 0 Å². The summed E-state index contributed by atoms with van der Waals surface area (Å²) >= 11 is 0. The van der Waals surface area contributed by atoms with Gasteiger partial charge in [0.25, 0.3) is 0 Å². The van der Waals surface area contributed by atoms with E-state index < -0.39 is 0 Å². The number of aryl methyl sites for hydroxylation is 1. The predicted octanol–water partition coefficient (Wildman–Crippen LogP) is 5.14. The standard InChI is InChI=1S/C23H21FN2O3/c1-14-5-6-15(9-18(14)24)17-10-19-22(25-7-8-26(19)13-17)16-11-20(27-2)23(29-4)21(12-16)28-3/h5-13H,1-4H3. The molecule has 6 heteroatoms. The second-order valence-electron chi connectivity index (χ2n) is 6.68. The van der Waals surface area contributed by atoms with Crippen LogP contribution in [0.15, 0.2) is 55.0 Å². The number of benzene rings is 2. The smallest absolute Gasteiger partial charge is 0.203 e. The Hall–Kier alpha value is -3.54. The summed E-state index contributed by atoms with van der Waals surface area (Å²) in [7, 11) is 4.73. The summed E-state index contributed by atoms with van der Waals surface area (Å²) in [5, 5.41) is 0. The molecule has 0 saturated heterocycles. The molecule has 5 nitrogen and oxygen atoms in total. The molecule has 0 bridgehead atoms. The minimum atomic E-state index is -0.222. The van der Waals surface area contributed by atoms with Crippen LogP contribution in [0.1, 0.15) is 5.56 Å². The second-order valence-corrected chi connectivity index (χ2v) is 6.68. The van der Waals surface area contributed by atoms with E-state index >= 15 is 0 Å². The molecule has 2 aromatic carbocycles. The lowest BCUT2D eigenvalue weighted by Gasteiger charge is -2.14. The molecule has 0 amide bonds. The van der Waals surface area contributed by atoms with E-state index in [1.165, 1.54) is 0 Å². The molecule has 0 atom stereocenters. The lowest BCUT2D eigenvalue weighted by molar-refractivity contribution is 0.324. The first-order valence-corrected chi connectivity index (χ1v) is 9.09. The highest BCUT2D eigenvalue weighted by Crippen LogP contribution is 2.41. The predicted molar refractivity (Wildman–Crippen MR) is 110 cm³/mol. The van der Waals surface area contributed by atoms with Crippen molar-refractivity contribution in [3.8, 4) is 39.6 Å². The van der Waals surface area contributed by atoms with Crippen molar-refractivity contribution in [2.45, 2.75) is 6.92 Å². The highest BCUT2D eigenvalue weighted by molar-refractivity contribution is 5.83. The van der Waals surface area contributed by atoms with Crippen molar-refractivity contribution in [1.82, 2.24) is 9.38 Å². The van der Waals surface area contributed by atoms with Crippen LogP contribution in [-0.4, -0.2) is 30.7 Å². The lowest BCUT2D eigenvalue weighted by atomic mass is 10.1. The Kier molecular flexibility index (Phi) is 4.84. The Morgan fingerprint density at radius 1 is 0.862 bits per heavy atom. The summed E-state index contributed by atoms with van der Waals surface area (Å²) in [5.41, 5.74) is 4.81. The largest absolute Gasteiger partial charge is 0.493 e. The molecular weight excluding hydrogens is 371 g/mol. The van der Waals surface area contributed by atoms with Gasteiger partial charge >= 0.3 is 0 Å². The Labute approximate surface area is 168 Å². The molecule has 29 heavy (non-hydrogen) atoms. The van der Waals surface area contributed by atoms with E-state index in [9.17, 15) is 4.39 Å². The van der Waals surface area contributed by atoms with Crippen molar-refractivity contribution >= 4 is 5.52 Å². The van der Waals surface area contributed by atoms with Gasteiger partial charge in [0, 0.05) is 29.7 Å². The monoisotopic (exact) mass is 392 g/mol. The van der Waals surface area contributed by atoms with Crippen LogP contribution in [0.25, 0.3) is 27.9 Å². The minimum absolute atomic E-state index is 0.222. The normalized spacial score (nSPS) is 10.9. The minimum Gasteiger partial charge on any atom is -0.493 e. The molecule has 4 aromatic rings. The average molecular weight is 392 g/mol. The van der Waals surface area contributed by atoms with E-state index in [1.807, 2.05) is 41.1 Å². The molecule has 2 heterocycles. The van der Waals surface area contributed by atoms with Crippen LogP contribution in [0.2, 0.25) is 0 Å². The van der Waals surface area contributed by atoms with Gasteiger partial charge in [-0.25, -0.2) is 4.39 Å². The van der Waals surface area contributed by atoms with E-state index in [0.29, 0.717) is 22.8 Å². The topological polar surface area (TPSA) is 45.0 Å². The van der Waals surface area contributed by atoms with Crippen molar-refractivity contribution in [2.24, 2.45) is 0 Å². The van der Waals surface area contributed by atoms with Gasteiger partial charge in [-0.15, -0.1) is 0 Å². The van der Waals surface area contributed by atoms with Gasteiger partial charge in [0.1, 0.15) is 5.82 Å². The number of methoxy groups -OCH3 is 3. The van der Waals surface area contributed by atoms with Crippen LogP contribution >= 0.6 is 0 Å². The zero-order valence-corrected chi connectivity index (χ0v) is 16.7. The van der Waals surface area contributed by atoms with Crippen molar-refractivity contribution in [2.75, 3.05) is 21.3 Å². The van der Waals surface area contributed by atoms with Crippen molar-refractivity contribution in [3.05, 3.63) is 66.4 Å². The second kappa shape index (κ2) is 7.47. The highest BCUT2D eigenvalue weighted by Gasteiger charge is 2.17. The molecule has 0 unspecified atom stereocenters. The first kappa shape index (κ1) is 18.8. The van der Waals surface area contributed by atoms with Gasteiger partial charge in [0.2, 0.25) is 5.75 Å². The number of rotatable bonds is 5. The van der Waals surface area contributed by atoms with Crippen molar-refractivity contribution in [1.29, 1.82) is 0 Å². The van der Waals surface area contributed by atoms with Crippen molar-refractivity contribution in [3.63, 3.8) is 0 Å². The average Bonchev–Trinajstić information content (AvgIpc) is 3.18. The molecule has 148 valence electrons. The Balaban J connectivity index is 1.89. The summed E-state index contributed by atoms with van der Waals surface area (Å²) in [6.45, 7) is 1.75. The molecule has 0 N–H and O–H groups in total. The molecule has 0 aliphatic rings. The fraction of sp³-hybridized carbons (Fsp3) is 0.174. The maximum Gasteiger partial charge on any atom is 0.203 e. The SMILES string of the molecule is COc1cc(-c2nccn3cc(-c4ccc(C)c(F)c4)cc23)cc(OC)c1OC. The third-order valence-electron chi connectivity index (χ3n) is 4.97. The number of aromatic nitrogens is 2. The van der Waals surface area contributed by atoms with Gasteiger partial charge in [-0.2, -0.15) is 0 Å². The van der Waals surface area contributed by atoms with Gasteiger partial charge in [-0.05, 0) is 42.3 Å². The lowest BCUT2D eigenvalue weighted by Crippen LogP contribution is -1.97. The van der Waals surface area contributed by atoms with E-state index in [1.54, 1.807) is 46.6 Å². The quantitative estimate of drug-likeness (QED) is 0.472. The van der Waals surface area contributed by atoms with Gasteiger partial charge in [0.15, 0.2) is 11.5 Å². The molecule has 0 saturated carbocycles. The molecular formula is C23H21FN2O3. The zero-order valence-electron chi connectivity index (χ0n) is 16.7. The number of halogens is 1. The Morgan fingerprint density at radius 2 is 1.59 bits per heavy atom. The van der Waals surface area contributed by atoms with Crippen LogP contribution in [0.5, 0.6) is 17.2 Å². The number of ether oxygens (including phenoxy) is 3. The number of hydrogen-bond donors (Lipinski definition) is 0. The number of fused-ring (bicyclic) bond motifs is 1. The fourth-order valence-electron chi connectivity index (χ4n) is 3.41. The van der Waals surface area contributed by atoms with Crippen LogP contribution in [0.3, 0.4) is 0 Å². The molecule has 0 aliphatic carbocycles. The van der Waals surface area contributed by atoms with Crippen LogP contribution in [0.4, 0.5) is 4.39 Å². The Morgan fingerprint density at radius 3 is 2.21 bits per heavy atom. The van der Waals surface area contributed by atoms with Crippen LogP contribution in [0, 0.1) is 12.7 Å². The third kappa shape index (κ3) is 3.27. The molecule has 0 radical (unpaired) electrons. The van der Waals surface area contributed by atoms with Crippen molar-refractivity contribution < 1.29 is 18.6 Å². The fourth-order valence-corrected chi connectivity index (χ4v) is 3.41. The van der Waals surface area contributed by atoms with Gasteiger partial charge < -0.3 is 18.6 Å². The molecule has 2 aromatic heterocycles. The third-order valence-corrected chi connectivity index (χ3v) is 4.97. The van der Waals surface area contributed by atoms with E-state index in [2.05, 4.69) is 4.98 Å². The maximum atomic E-state index is 14.0. The van der Waals surface area contributed by atoms with Gasteiger partial charge in [-0.1, -0.05) is 12.1 Å². The Bertz CT molecular complexity index is 1180. The first-order valence-electron chi connectivity index (χ1n) is 9.09. The van der Waals surface area contributed by atoms with Crippen LogP contribution < -0.4 is 14.2 Å². The summed E-state index contributed by atoms with van der Waals surface area (Å²) in [5.74, 6) is 1.41. The zero-order chi connectivity index (χ0) is 20.5. The number of hydrogen-bond acceptors (Lipinski definition) is 4. The summed E-state index contributed by atoms with van der Waals surface area (Å²) < 4.78 is 32.4. The van der Waals surface area contributed by atoms with Gasteiger partial charge in [-0.3, -0.25) is 4.98 Å². The summed E-state index contributed by atoms with van der Waals surface area (Å²) in [6, 6.07) is 11.0. The maximum absolute atomic E-state index is 14.0. The first-order chi connectivity index (χ1) is 14.0. The number of nitrogens with zero attached hydrogens (tertiary/aromatic N) is 2. The molecule has 0 aliphatic heterocycles. The molecule has 4 rings (SSSR count). The molecule has 0 fully saturated rings. The highest BCUT2D eigenvalue weighted by atomic mass is 19.1. The van der Waals surface area contributed by atoms with E-state index in [-0.39, 0.29) is 5.82 Å². The van der Waals surface area contributed by atoms with E-state index in [0.717, 1.165) is 27.9 Å². The molecule has 0 spiro atoms. The summed E-state index contributed by atoms with van der Waals surface area (Å²) in [6.07, 6.45) is 5.55.